The van der Waals surface area contributed by atoms with Gasteiger partial charge in [0.25, 0.3) is 0 Å². The minimum atomic E-state index is 0.220. The summed E-state index contributed by atoms with van der Waals surface area (Å²) in [7, 11) is 0. The van der Waals surface area contributed by atoms with Crippen LogP contribution in [-0.2, 0) is 0 Å². The third-order valence-electron chi connectivity index (χ3n) is 3.86. The predicted molar refractivity (Wildman–Crippen MR) is 79.4 cm³/mol. The number of nitrogens with one attached hydrogen (secondary N) is 1. The van der Waals surface area contributed by atoms with E-state index in [1.807, 2.05) is 0 Å². The zero-order valence-corrected chi connectivity index (χ0v) is 13.7. The van der Waals surface area contributed by atoms with E-state index in [2.05, 4.69) is 67.6 Å². The molecule has 0 aliphatic heterocycles. The molecule has 0 saturated heterocycles. The first-order valence-electron chi connectivity index (χ1n) is 7.11. The molecule has 104 valence electrons. The lowest BCUT2D eigenvalue weighted by Crippen LogP contribution is -2.45. The molecular formula is C16H35N. The number of hydrogen-bond donors (Lipinski definition) is 1. The molecule has 0 radical (unpaired) electrons. The zero-order valence-electron chi connectivity index (χ0n) is 13.7. The Kier molecular flexibility index (Phi) is 5.72. The van der Waals surface area contributed by atoms with E-state index < -0.39 is 0 Å². The van der Waals surface area contributed by atoms with Gasteiger partial charge in [-0.05, 0) is 50.4 Å². The van der Waals surface area contributed by atoms with Crippen LogP contribution in [0, 0.1) is 16.7 Å². The summed E-state index contributed by atoms with van der Waals surface area (Å²) < 4.78 is 0. The minimum Gasteiger partial charge on any atom is -0.312 e. The molecule has 1 N–H and O–H groups in total. The monoisotopic (exact) mass is 241 g/mol. The van der Waals surface area contributed by atoms with Crippen LogP contribution in [0.15, 0.2) is 0 Å². The fourth-order valence-corrected chi connectivity index (χ4v) is 1.71. The van der Waals surface area contributed by atoms with Gasteiger partial charge in [0.2, 0.25) is 0 Å². The van der Waals surface area contributed by atoms with Crippen LogP contribution in [0.4, 0.5) is 0 Å². The summed E-state index contributed by atoms with van der Waals surface area (Å²) in [6, 6.07) is 0. The highest BCUT2D eigenvalue weighted by molar-refractivity contribution is 4.85. The van der Waals surface area contributed by atoms with Gasteiger partial charge in [-0.15, -0.1) is 0 Å². The van der Waals surface area contributed by atoms with Gasteiger partial charge in [-0.1, -0.05) is 41.5 Å². The van der Waals surface area contributed by atoms with Gasteiger partial charge >= 0.3 is 0 Å². The van der Waals surface area contributed by atoms with Crippen molar-refractivity contribution in [2.75, 3.05) is 6.54 Å². The van der Waals surface area contributed by atoms with E-state index in [0.29, 0.717) is 10.8 Å². The van der Waals surface area contributed by atoms with Crippen molar-refractivity contribution >= 4 is 0 Å². The zero-order chi connectivity index (χ0) is 13.9. The Morgan fingerprint density at radius 1 is 0.824 bits per heavy atom. The third-order valence-corrected chi connectivity index (χ3v) is 3.86. The van der Waals surface area contributed by atoms with Crippen molar-refractivity contribution in [1.29, 1.82) is 0 Å². The predicted octanol–water partition coefficient (Wildman–Crippen LogP) is 4.86. The molecule has 0 aromatic heterocycles. The summed E-state index contributed by atoms with van der Waals surface area (Å²) in [4.78, 5) is 0. The van der Waals surface area contributed by atoms with E-state index in [9.17, 15) is 0 Å². The van der Waals surface area contributed by atoms with E-state index in [0.717, 1.165) is 12.5 Å². The Morgan fingerprint density at radius 3 is 1.59 bits per heavy atom. The van der Waals surface area contributed by atoms with Gasteiger partial charge in [0.05, 0.1) is 0 Å². The average Bonchev–Trinajstić information content (AvgIpc) is 2.09. The summed E-state index contributed by atoms with van der Waals surface area (Å²) in [5.41, 5.74) is 1.07. The second kappa shape index (κ2) is 5.73. The minimum absolute atomic E-state index is 0.220. The lowest BCUT2D eigenvalue weighted by molar-refractivity contribution is 0.148. The van der Waals surface area contributed by atoms with Crippen LogP contribution in [0.2, 0.25) is 0 Å². The van der Waals surface area contributed by atoms with Gasteiger partial charge in [0, 0.05) is 12.1 Å². The highest BCUT2D eigenvalue weighted by atomic mass is 15.0. The normalized spacial score (nSPS) is 17.3. The van der Waals surface area contributed by atoms with Crippen molar-refractivity contribution in [2.24, 2.45) is 16.7 Å². The smallest absolute Gasteiger partial charge is 0.00967 e. The number of rotatable bonds is 5. The molecular weight excluding hydrogens is 206 g/mol. The molecule has 17 heavy (non-hydrogen) atoms. The summed E-state index contributed by atoms with van der Waals surface area (Å²) in [6.07, 6.45) is 2.60. The second-order valence-electron chi connectivity index (χ2n) is 8.47. The molecule has 0 aliphatic carbocycles. The van der Waals surface area contributed by atoms with Gasteiger partial charge in [0.1, 0.15) is 0 Å². The molecule has 0 aromatic carbocycles. The molecule has 0 rings (SSSR count). The molecule has 1 nitrogen and oxygen atoms in total. The molecule has 0 bridgehead atoms. The Morgan fingerprint density at radius 2 is 1.29 bits per heavy atom. The first-order chi connectivity index (χ1) is 7.36. The maximum absolute atomic E-state index is 3.68. The number of hydrogen-bond acceptors (Lipinski definition) is 1. The van der Waals surface area contributed by atoms with E-state index in [1.165, 1.54) is 12.8 Å². The van der Waals surface area contributed by atoms with Crippen LogP contribution < -0.4 is 5.32 Å². The van der Waals surface area contributed by atoms with Gasteiger partial charge < -0.3 is 5.32 Å². The molecule has 0 saturated carbocycles. The summed E-state index contributed by atoms with van der Waals surface area (Å²) in [5, 5.41) is 3.68. The van der Waals surface area contributed by atoms with Crippen molar-refractivity contribution in [2.45, 2.75) is 80.7 Å². The molecule has 0 aromatic rings. The van der Waals surface area contributed by atoms with Gasteiger partial charge in [-0.2, -0.15) is 0 Å². The summed E-state index contributed by atoms with van der Waals surface area (Å²) in [6.45, 7) is 22.0. The highest BCUT2D eigenvalue weighted by Gasteiger charge is 2.30. The van der Waals surface area contributed by atoms with Crippen molar-refractivity contribution in [3.05, 3.63) is 0 Å². The molecule has 1 heteroatoms. The van der Waals surface area contributed by atoms with Gasteiger partial charge in [0.15, 0.2) is 0 Å². The molecule has 0 aliphatic rings. The van der Waals surface area contributed by atoms with Crippen molar-refractivity contribution in [3.8, 4) is 0 Å². The summed E-state index contributed by atoms with van der Waals surface area (Å²) in [5.74, 6) is 0.722. The molecule has 0 amide bonds. The fourth-order valence-electron chi connectivity index (χ4n) is 1.71. The van der Waals surface area contributed by atoms with Crippen molar-refractivity contribution in [1.82, 2.24) is 5.32 Å². The van der Waals surface area contributed by atoms with Crippen LogP contribution in [-0.4, -0.2) is 12.1 Å². The molecule has 1 atom stereocenters. The van der Waals surface area contributed by atoms with Crippen LogP contribution >= 0.6 is 0 Å². The lowest BCUT2D eigenvalue weighted by atomic mass is 9.72. The topological polar surface area (TPSA) is 12.0 Å². The van der Waals surface area contributed by atoms with Gasteiger partial charge in [-0.25, -0.2) is 0 Å². The van der Waals surface area contributed by atoms with Crippen molar-refractivity contribution in [3.63, 3.8) is 0 Å². The largest absolute Gasteiger partial charge is 0.312 e. The lowest BCUT2D eigenvalue weighted by Gasteiger charge is -2.39. The van der Waals surface area contributed by atoms with E-state index in [-0.39, 0.29) is 5.54 Å². The second-order valence-corrected chi connectivity index (χ2v) is 8.47. The Labute approximate surface area is 110 Å². The van der Waals surface area contributed by atoms with Crippen LogP contribution in [0.5, 0.6) is 0 Å². The van der Waals surface area contributed by atoms with E-state index in [1.54, 1.807) is 0 Å². The quantitative estimate of drug-likeness (QED) is 0.724. The molecule has 0 fully saturated rings. The van der Waals surface area contributed by atoms with Gasteiger partial charge in [-0.3, -0.25) is 0 Å². The molecule has 0 heterocycles. The first-order valence-corrected chi connectivity index (χ1v) is 7.11. The van der Waals surface area contributed by atoms with E-state index >= 15 is 0 Å². The molecule has 0 spiro atoms. The highest BCUT2D eigenvalue weighted by Crippen LogP contribution is 2.36. The van der Waals surface area contributed by atoms with E-state index in [4.69, 9.17) is 0 Å². The van der Waals surface area contributed by atoms with Crippen molar-refractivity contribution < 1.29 is 0 Å². The maximum atomic E-state index is 3.68. The summed E-state index contributed by atoms with van der Waals surface area (Å²) >= 11 is 0. The standard InChI is InChI=1S/C16H35N/c1-13(2)16(9,11-10-14(3,4)5)12-17-15(6,7)8/h13,17H,10-12H2,1-9H3. The molecule has 1 unspecified atom stereocenters. The third kappa shape index (κ3) is 7.81. The first kappa shape index (κ1) is 17.0. The van der Waals surface area contributed by atoms with Crippen LogP contribution in [0.1, 0.15) is 75.2 Å². The SMILES string of the molecule is CC(C)C(C)(CCC(C)(C)C)CNC(C)(C)C. The van der Waals surface area contributed by atoms with Crippen LogP contribution in [0.3, 0.4) is 0 Å². The fraction of sp³-hybridized carbons (Fsp3) is 1.00. The van der Waals surface area contributed by atoms with Crippen LogP contribution in [0.25, 0.3) is 0 Å². The average molecular weight is 241 g/mol. The maximum Gasteiger partial charge on any atom is 0.00967 e. The Balaban J connectivity index is 4.47. The Bertz CT molecular complexity index is 197. The Hall–Kier alpha value is -0.0400.